The largest absolute Gasteiger partial charge is 0.295 e. The summed E-state index contributed by atoms with van der Waals surface area (Å²) in [6.07, 6.45) is 6.47. The van der Waals surface area contributed by atoms with E-state index in [1.807, 2.05) is 22.7 Å². The van der Waals surface area contributed by atoms with Gasteiger partial charge in [0.15, 0.2) is 0 Å². The van der Waals surface area contributed by atoms with Gasteiger partial charge in [-0.3, -0.25) is 9.38 Å². The van der Waals surface area contributed by atoms with Crippen molar-refractivity contribution in [3.8, 4) is 11.1 Å². The summed E-state index contributed by atoms with van der Waals surface area (Å²) < 4.78 is 16.6. The Morgan fingerprint density at radius 1 is 1.24 bits per heavy atom. The number of imidazole rings is 1. The van der Waals surface area contributed by atoms with Crippen molar-refractivity contribution in [3.05, 3.63) is 52.5 Å². The van der Waals surface area contributed by atoms with Gasteiger partial charge in [0, 0.05) is 18.0 Å². The number of aromatic nitrogens is 3. The molecule has 0 spiro atoms. The molecular weight excluding hydrogens is 332 g/mol. The van der Waals surface area contributed by atoms with E-state index in [2.05, 4.69) is 32.6 Å². The lowest BCUT2D eigenvalue weighted by molar-refractivity contribution is 0.625. The number of hydrogen-bond acceptors (Lipinski definition) is 2. The van der Waals surface area contributed by atoms with Gasteiger partial charge in [0.25, 0.3) is 0 Å². The number of pyridine rings is 2. The minimum atomic E-state index is -0.321. The summed E-state index contributed by atoms with van der Waals surface area (Å²) in [7, 11) is 0. The minimum absolute atomic E-state index is 0.321. The van der Waals surface area contributed by atoms with Gasteiger partial charge in [0.05, 0.1) is 12.4 Å². The molecule has 3 aromatic rings. The third-order valence-electron chi connectivity index (χ3n) is 2.55. The Kier molecular flexibility index (Phi) is 2.54. The molecule has 0 bridgehead atoms. The Labute approximate surface area is 110 Å². The lowest BCUT2D eigenvalue weighted by Crippen LogP contribution is -1.90. The van der Waals surface area contributed by atoms with Gasteiger partial charge in [-0.05, 0) is 46.4 Å². The van der Waals surface area contributed by atoms with Crippen LogP contribution >= 0.6 is 22.6 Å². The fourth-order valence-corrected chi connectivity index (χ4v) is 2.27. The molecule has 3 aromatic heterocycles. The molecule has 0 aliphatic heterocycles. The third-order valence-corrected chi connectivity index (χ3v) is 3.35. The lowest BCUT2D eigenvalue weighted by atomic mass is 10.1. The number of rotatable bonds is 1. The summed E-state index contributed by atoms with van der Waals surface area (Å²) in [6.45, 7) is 0. The van der Waals surface area contributed by atoms with E-state index in [0.29, 0.717) is 5.56 Å². The number of fused-ring (bicyclic) bond motifs is 1. The van der Waals surface area contributed by atoms with Crippen LogP contribution in [0.25, 0.3) is 16.8 Å². The van der Waals surface area contributed by atoms with Gasteiger partial charge in [-0.25, -0.2) is 9.37 Å². The molecule has 0 amide bonds. The highest BCUT2D eigenvalue weighted by atomic mass is 127. The predicted octanol–water partition coefficient (Wildman–Crippen LogP) is 3.14. The summed E-state index contributed by atoms with van der Waals surface area (Å²) in [6, 6.07) is 5.39. The predicted molar refractivity (Wildman–Crippen MR) is 71.1 cm³/mol. The van der Waals surface area contributed by atoms with Gasteiger partial charge in [-0.15, -0.1) is 0 Å². The molecule has 17 heavy (non-hydrogen) atoms. The van der Waals surface area contributed by atoms with Crippen molar-refractivity contribution >= 4 is 28.2 Å². The summed E-state index contributed by atoms with van der Waals surface area (Å²) in [5.74, 6) is -0.321. The zero-order valence-corrected chi connectivity index (χ0v) is 10.8. The monoisotopic (exact) mass is 339 g/mol. The molecule has 0 unspecified atom stereocenters. The normalized spacial score (nSPS) is 10.9. The molecular formula is C12H7FIN3. The van der Waals surface area contributed by atoms with Gasteiger partial charge in [0.2, 0.25) is 0 Å². The standard InChI is InChI=1S/C12H7FIN3/c13-10-6-15-3-1-9(10)8-2-4-17-11(14)7-16-12(17)5-8/h1-7H. The second-order valence-electron chi connectivity index (χ2n) is 3.58. The highest BCUT2D eigenvalue weighted by molar-refractivity contribution is 14.1. The number of nitrogens with zero attached hydrogens (tertiary/aromatic N) is 3. The van der Waals surface area contributed by atoms with Crippen LogP contribution in [0, 0.1) is 9.52 Å². The number of halogens is 2. The summed E-state index contributed by atoms with van der Waals surface area (Å²) in [5.41, 5.74) is 2.16. The van der Waals surface area contributed by atoms with Gasteiger partial charge < -0.3 is 0 Å². The van der Waals surface area contributed by atoms with Crippen LogP contribution < -0.4 is 0 Å². The zero-order chi connectivity index (χ0) is 11.8. The Hall–Kier alpha value is -1.50. The van der Waals surface area contributed by atoms with Crippen LogP contribution in [-0.2, 0) is 0 Å². The maximum Gasteiger partial charge on any atom is 0.149 e. The van der Waals surface area contributed by atoms with Crippen molar-refractivity contribution in [2.24, 2.45) is 0 Å². The zero-order valence-electron chi connectivity index (χ0n) is 8.64. The molecule has 0 atom stereocenters. The minimum Gasteiger partial charge on any atom is -0.295 e. The maximum absolute atomic E-state index is 13.6. The summed E-state index contributed by atoms with van der Waals surface area (Å²) >= 11 is 2.20. The van der Waals surface area contributed by atoms with Crippen molar-refractivity contribution in [1.29, 1.82) is 0 Å². The molecule has 0 N–H and O–H groups in total. The molecule has 3 rings (SSSR count). The molecule has 3 nitrogen and oxygen atoms in total. The Bertz CT molecular complexity index is 693. The number of hydrogen-bond donors (Lipinski definition) is 0. The van der Waals surface area contributed by atoms with Crippen LogP contribution in [0.1, 0.15) is 0 Å². The van der Waals surface area contributed by atoms with Crippen LogP contribution in [0.4, 0.5) is 4.39 Å². The van der Waals surface area contributed by atoms with E-state index in [4.69, 9.17) is 0 Å². The van der Waals surface area contributed by atoms with Crippen LogP contribution in [-0.4, -0.2) is 14.4 Å². The fraction of sp³-hybridized carbons (Fsp3) is 0. The van der Waals surface area contributed by atoms with Crippen LogP contribution in [0.2, 0.25) is 0 Å². The molecule has 5 heteroatoms. The van der Waals surface area contributed by atoms with Crippen molar-refractivity contribution in [1.82, 2.24) is 14.4 Å². The van der Waals surface area contributed by atoms with Gasteiger partial charge in [-0.2, -0.15) is 0 Å². The Morgan fingerprint density at radius 3 is 2.94 bits per heavy atom. The van der Waals surface area contributed by atoms with Crippen molar-refractivity contribution in [3.63, 3.8) is 0 Å². The lowest BCUT2D eigenvalue weighted by Gasteiger charge is -2.03. The van der Waals surface area contributed by atoms with Crippen LogP contribution in [0.15, 0.2) is 43.0 Å². The SMILES string of the molecule is Fc1cnccc1-c1ccn2c(I)cnc2c1. The average molecular weight is 339 g/mol. The average Bonchev–Trinajstić information content (AvgIpc) is 2.71. The van der Waals surface area contributed by atoms with E-state index in [1.54, 1.807) is 18.5 Å². The first-order valence-electron chi connectivity index (χ1n) is 4.98. The van der Waals surface area contributed by atoms with Crippen LogP contribution in [0.3, 0.4) is 0 Å². The summed E-state index contributed by atoms with van der Waals surface area (Å²) in [4.78, 5) is 7.99. The first kappa shape index (κ1) is 10.6. The Morgan fingerprint density at radius 2 is 2.12 bits per heavy atom. The molecule has 84 valence electrons. The van der Waals surface area contributed by atoms with Gasteiger partial charge in [0.1, 0.15) is 15.2 Å². The highest BCUT2D eigenvalue weighted by Gasteiger charge is 2.07. The smallest absolute Gasteiger partial charge is 0.149 e. The second-order valence-corrected chi connectivity index (χ2v) is 4.69. The second kappa shape index (κ2) is 4.06. The molecule has 0 aliphatic rings. The van der Waals surface area contributed by atoms with E-state index in [9.17, 15) is 4.39 Å². The first-order chi connectivity index (χ1) is 8.25. The van der Waals surface area contributed by atoms with Crippen molar-refractivity contribution in [2.75, 3.05) is 0 Å². The molecule has 0 radical (unpaired) electrons. The maximum atomic E-state index is 13.6. The molecule has 0 fully saturated rings. The van der Waals surface area contributed by atoms with Crippen LogP contribution in [0.5, 0.6) is 0 Å². The van der Waals surface area contributed by atoms with E-state index in [-0.39, 0.29) is 5.82 Å². The highest BCUT2D eigenvalue weighted by Crippen LogP contribution is 2.23. The van der Waals surface area contributed by atoms with Gasteiger partial charge >= 0.3 is 0 Å². The third kappa shape index (κ3) is 1.80. The Balaban J connectivity index is 2.22. The molecule has 0 saturated heterocycles. The quantitative estimate of drug-likeness (QED) is 0.638. The molecule has 3 heterocycles. The van der Waals surface area contributed by atoms with Crippen molar-refractivity contribution in [2.45, 2.75) is 0 Å². The van der Waals surface area contributed by atoms with E-state index < -0.39 is 0 Å². The topological polar surface area (TPSA) is 30.2 Å². The van der Waals surface area contributed by atoms with E-state index >= 15 is 0 Å². The van der Waals surface area contributed by atoms with Gasteiger partial charge in [-0.1, -0.05) is 0 Å². The summed E-state index contributed by atoms with van der Waals surface area (Å²) in [5, 5.41) is 0. The fourth-order valence-electron chi connectivity index (χ4n) is 1.73. The first-order valence-corrected chi connectivity index (χ1v) is 6.06. The molecule has 0 saturated carbocycles. The molecule has 0 aliphatic carbocycles. The van der Waals surface area contributed by atoms with E-state index in [0.717, 1.165) is 14.9 Å². The molecule has 0 aromatic carbocycles. The van der Waals surface area contributed by atoms with Crippen molar-refractivity contribution < 1.29 is 4.39 Å². The van der Waals surface area contributed by atoms with E-state index in [1.165, 1.54) is 6.20 Å².